The van der Waals surface area contributed by atoms with Crippen LogP contribution in [0.25, 0.3) is 0 Å². The Morgan fingerprint density at radius 3 is 2.55 bits per heavy atom. The van der Waals surface area contributed by atoms with E-state index in [0.717, 1.165) is 26.2 Å². The minimum Gasteiger partial charge on any atom is -0.375 e. The lowest BCUT2D eigenvalue weighted by Gasteiger charge is -2.43. The maximum absolute atomic E-state index is 9.83. The molecule has 0 aliphatic carbocycles. The SMILES string of the molecule is CCN1CCN(C)C(C)(O)C1. The van der Waals surface area contributed by atoms with Gasteiger partial charge in [-0.2, -0.15) is 0 Å². The minimum atomic E-state index is -0.631. The molecule has 0 spiro atoms. The first-order chi connectivity index (χ1) is 5.06. The van der Waals surface area contributed by atoms with Crippen molar-refractivity contribution < 1.29 is 5.11 Å². The molecule has 0 aromatic rings. The van der Waals surface area contributed by atoms with Crippen LogP contribution in [0, 0.1) is 0 Å². The Labute approximate surface area is 68.6 Å². The summed E-state index contributed by atoms with van der Waals surface area (Å²) in [6.45, 7) is 7.82. The van der Waals surface area contributed by atoms with E-state index in [9.17, 15) is 5.11 Å². The van der Waals surface area contributed by atoms with Gasteiger partial charge in [0.25, 0.3) is 0 Å². The molecule has 1 aliphatic rings. The van der Waals surface area contributed by atoms with Crippen molar-refractivity contribution in [2.24, 2.45) is 0 Å². The number of nitrogens with zero attached hydrogens (tertiary/aromatic N) is 2. The standard InChI is InChI=1S/C8H18N2O/c1-4-10-6-5-9(3)8(2,11)7-10/h11H,4-7H2,1-3H3. The molecule has 1 N–H and O–H groups in total. The van der Waals surface area contributed by atoms with Crippen LogP contribution in [0.3, 0.4) is 0 Å². The molecule has 3 nitrogen and oxygen atoms in total. The van der Waals surface area contributed by atoms with Crippen molar-refractivity contribution in [2.45, 2.75) is 19.6 Å². The first-order valence-corrected chi connectivity index (χ1v) is 4.22. The second kappa shape index (κ2) is 3.09. The quantitative estimate of drug-likeness (QED) is 0.580. The average molecular weight is 158 g/mol. The van der Waals surface area contributed by atoms with Crippen molar-refractivity contribution in [3.8, 4) is 0 Å². The third-order valence-electron chi connectivity index (χ3n) is 2.54. The normalized spacial score (nSPS) is 36.0. The fraction of sp³-hybridized carbons (Fsp3) is 1.00. The van der Waals surface area contributed by atoms with Gasteiger partial charge in [0.15, 0.2) is 0 Å². The molecule has 0 saturated carbocycles. The summed E-state index contributed by atoms with van der Waals surface area (Å²) in [7, 11) is 1.97. The van der Waals surface area contributed by atoms with Gasteiger partial charge >= 0.3 is 0 Å². The predicted molar refractivity (Wildman–Crippen MR) is 45.4 cm³/mol. The van der Waals surface area contributed by atoms with E-state index in [1.807, 2.05) is 18.9 Å². The van der Waals surface area contributed by atoms with Gasteiger partial charge < -0.3 is 5.11 Å². The van der Waals surface area contributed by atoms with Crippen molar-refractivity contribution in [3.63, 3.8) is 0 Å². The summed E-state index contributed by atoms with van der Waals surface area (Å²) in [6.07, 6.45) is 0. The first-order valence-electron chi connectivity index (χ1n) is 4.22. The van der Waals surface area contributed by atoms with Crippen LogP contribution in [0.2, 0.25) is 0 Å². The number of piperazine rings is 1. The van der Waals surface area contributed by atoms with E-state index >= 15 is 0 Å². The first kappa shape index (κ1) is 8.97. The zero-order chi connectivity index (χ0) is 8.48. The van der Waals surface area contributed by atoms with E-state index in [1.54, 1.807) is 0 Å². The molecule has 0 aromatic heterocycles. The Hall–Kier alpha value is -0.120. The van der Waals surface area contributed by atoms with Crippen molar-refractivity contribution in [2.75, 3.05) is 33.2 Å². The van der Waals surface area contributed by atoms with Crippen LogP contribution in [0.5, 0.6) is 0 Å². The molecule has 1 fully saturated rings. The summed E-state index contributed by atoms with van der Waals surface area (Å²) in [6, 6.07) is 0. The van der Waals surface area contributed by atoms with Crippen molar-refractivity contribution in [1.82, 2.24) is 9.80 Å². The van der Waals surface area contributed by atoms with Gasteiger partial charge in [0, 0.05) is 19.6 Å². The van der Waals surface area contributed by atoms with Gasteiger partial charge in [-0.25, -0.2) is 0 Å². The highest BCUT2D eigenvalue weighted by molar-refractivity contribution is 4.81. The molecule has 0 radical (unpaired) electrons. The summed E-state index contributed by atoms with van der Waals surface area (Å²) in [5.41, 5.74) is -0.631. The molecule has 1 aliphatic heterocycles. The molecule has 3 heteroatoms. The lowest BCUT2D eigenvalue weighted by molar-refractivity contribution is -0.125. The molecule has 11 heavy (non-hydrogen) atoms. The summed E-state index contributed by atoms with van der Waals surface area (Å²) < 4.78 is 0. The van der Waals surface area contributed by atoms with E-state index in [-0.39, 0.29) is 0 Å². The number of hydrogen-bond acceptors (Lipinski definition) is 3. The smallest absolute Gasteiger partial charge is 0.128 e. The molecule has 1 heterocycles. The fourth-order valence-electron chi connectivity index (χ4n) is 1.43. The van der Waals surface area contributed by atoms with Crippen LogP contribution in [-0.4, -0.2) is 53.9 Å². The Bertz CT molecular complexity index is 136. The third kappa shape index (κ3) is 1.92. The molecular weight excluding hydrogens is 140 g/mol. The van der Waals surface area contributed by atoms with Gasteiger partial charge in [-0.15, -0.1) is 0 Å². The number of rotatable bonds is 1. The maximum atomic E-state index is 9.83. The molecule has 0 amide bonds. The average Bonchev–Trinajstić information content (AvgIpc) is 1.95. The molecule has 0 aromatic carbocycles. The van der Waals surface area contributed by atoms with Crippen molar-refractivity contribution in [3.05, 3.63) is 0 Å². The number of aliphatic hydroxyl groups is 1. The lowest BCUT2D eigenvalue weighted by atomic mass is 10.1. The Morgan fingerprint density at radius 1 is 1.45 bits per heavy atom. The monoisotopic (exact) mass is 158 g/mol. The Balaban J connectivity index is 2.52. The lowest BCUT2D eigenvalue weighted by Crippen LogP contribution is -2.59. The van der Waals surface area contributed by atoms with Crippen LogP contribution in [0.1, 0.15) is 13.8 Å². The van der Waals surface area contributed by atoms with Gasteiger partial charge in [-0.3, -0.25) is 9.80 Å². The Morgan fingerprint density at radius 2 is 2.09 bits per heavy atom. The second-order valence-corrected chi connectivity index (χ2v) is 3.51. The van der Waals surface area contributed by atoms with E-state index in [4.69, 9.17) is 0 Å². The third-order valence-corrected chi connectivity index (χ3v) is 2.54. The van der Waals surface area contributed by atoms with Gasteiger partial charge in [0.05, 0.1) is 0 Å². The predicted octanol–water partition coefficient (Wildman–Crippen LogP) is -0.0378. The highest BCUT2D eigenvalue weighted by atomic mass is 16.3. The number of likely N-dealkylation sites (N-methyl/N-ethyl adjacent to an activating group) is 2. The van der Waals surface area contributed by atoms with Crippen molar-refractivity contribution in [1.29, 1.82) is 0 Å². The van der Waals surface area contributed by atoms with Crippen LogP contribution in [0.4, 0.5) is 0 Å². The molecule has 0 bridgehead atoms. The number of β-amino-alcohol motifs (C(OH)–C–C–N with tert-alkyl or cyclic N) is 1. The van der Waals surface area contributed by atoms with Gasteiger partial charge in [0.2, 0.25) is 0 Å². The van der Waals surface area contributed by atoms with E-state index in [2.05, 4.69) is 11.8 Å². The van der Waals surface area contributed by atoms with E-state index < -0.39 is 5.72 Å². The summed E-state index contributed by atoms with van der Waals surface area (Å²) in [5, 5.41) is 9.83. The summed E-state index contributed by atoms with van der Waals surface area (Å²) in [4.78, 5) is 4.26. The van der Waals surface area contributed by atoms with Gasteiger partial charge in [0.1, 0.15) is 5.72 Å². The highest BCUT2D eigenvalue weighted by Crippen LogP contribution is 2.15. The van der Waals surface area contributed by atoms with Crippen LogP contribution < -0.4 is 0 Å². The fourth-order valence-corrected chi connectivity index (χ4v) is 1.43. The highest BCUT2D eigenvalue weighted by Gasteiger charge is 2.32. The maximum Gasteiger partial charge on any atom is 0.128 e. The second-order valence-electron chi connectivity index (χ2n) is 3.51. The van der Waals surface area contributed by atoms with E-state index in [0.29, 0.717) is 0 Å². The van der Waals surface area contributed by atoms with E-state index in [1.165, 1.54) is 0 Å². The summed E-state index contributed by atoms with van der Waals surface area (Å²) in [5.74, 6) is 0. The topological polar surface area (TPSA) is 26.7 Å². The van der Waals surface area contributed by atoms with Gasteiger partial charge in [-0.05, 0) is 20.5 Å². The molecule has 1 atom stereocenters. The summed E-state index contributed by atoms with van der Waals surface area (Å²) >= 11 is 0. The molecular formula is C8H18N2O. The van der Waals surface area contributed by atoms with Crippen molar-refractivity contribution >= 4 is 0 Å². The molecule has 1 saturated heterocycles. The molecule has 66 valence electrons. The zero-order valence-corrected chi connectivity index (χ0v) is 7.67. The molecule has 1 rings (SSSR count). The van der Waals surface area contributed by atoms with Crippen LogP contribution in [-0.2, 0) is 0 Å². The largest absolute Gasteiger partial charge is 0.375 e. The van der Waals surface area contributed by atoms with Crippen LogP contribution >= 0.6 is 0 Å². The van der Waals surface area contributed by atoms with Crippen LogP contribution in [0.15, 0.2) is 0 Å². The molecule has 1 unspecified atom stereocenters. The Kier molecular flexibility index (Phi) is 2.52. The minimum absolute atomic E-state index is 0.631. The van der Waals surface area contributed by atoms with Gasteiger partial charge in [-0.1, -0.05) is 6.92 Å². The zero-order valence-electron chi connectivity index (χ0n) is 7.67. The number of hydrogen-bond donors (Lipinski definition) is 1.